The van der Waals surface area contributed by atoms with Crippen LogP contribution in [0.3, 0.4) is 0 Å². The number of halogens is 1. The van der Waals surface area contributed by atoms with Gasteiger partial charge in [-0.2, -0.15) is 0 Å². The molecule has 0 aliphatic carbocycles. The number of amidine groups is 1. The van der Waals surface area contributed by atoms with E-state index in [0.717, 1.165) is 11.8 Å². The zero-order chi connectivity index (χ0) is 22.0. The van der Waals surface area contributed by atoms with Crippen LogP contribution in [0.4, 0.5) is 15.8 Å². The van der Waals surface area contributed by atoms with Crippen molar-refractivity contribution in [3.8, 4) is 17.1 Å². The van der Waals surface area contributed by atoms with Gasteiger partial charge in [-0.15, -0.1) is 0 Å². The largest absolute Gasteiger partial charge is 0.497 e. The van der Waals surface area contributed by atoms with E-state index in [-0.39, 0.29) is 27.9 Å². The molecule has 10 heteroatoms. The zero-order valence-electron chi connectivity index (χ0n) is 16.0. The molecule has 1 aliphatic heterocycles. The predicted octanol–water partition coefficient (Wildman–Crippen LogP) is 4.89. The lowest BCUT2D eigenvalue weighted by molar-refractivity contribution is -0.384. The minimum atomic E-state index is -0.524. The number of nitrogens with one attached hydrogen (secondary N) is 1. The third kappa shape index (κ3) is 4.33. The van der Waals surface area contributed by atoms with Gasteiger partial charge in [-0.3, -0.25) is 14.9 Å². The Labute approximate surface area is 179 Å². The fourth-order valence-electron chi connectivity index (χ4n) is 2.83. The minimum absolute atomic E-state index is 0.110. The number of nitro benzene ring substituents is 1. The van der Waals surface area contributed by atoms with E-state index in [0.29, 0.717) is 16.4 Å². The van der Waals surface area contributed by atoms with Crippen molar-refractivity contribution in [3.05, 3.63) is 81.2 Å². The van der Waals surface area contributed by atoms with E-state index in [1.807, 2.05) is 0 Å². The van der Waals surface area contributed by atoms with Gasteiger partial charge in [-0.05, 0) is 48.2 Å². The van der Waals surface area contributed by atoms with Crippen molar-refractivity contribution in [1.82, 2.24) is 5.32 Å². The van der Waals surface area contributed by atoms with Crippen molar-refractivity contribution < 1.29 is 23.3 Å². The van der Waals surface area contributed by atoms with E-state index in [4.69, 9.17) is 9.15 Å². The first-order chi connectivity index (χ1) is 14.9. The molecule has 0 saturated carbocycles. The summed E-state index contributed by atoms with van der Waals surface area (Å²) in [4.78, 5) is 27.5. The molecule has 0 spiro atoms. The number of methoxy groups -OCH3 is 1. The number of benzene rings is 2. The summed E-state index contributed by atoms with van der Waals surface area (Å²) in [6.07, 6.45) is 1.49. The van der Waals surface area contributed by atoms with Gasteiger partial charge in [0, 0.05) is 6.08 Å². The smallest absolute Gasteiger partial charge is 0.284 e. The molecule has 1 N–H and O–H groups in total. The lowest BCUT2D eigenvalue weighted by atomic mass is 10.1. The number of hydrogen-bond acceptors (Lipinski definition) is 7. The van der Waals surface area contributed by atoms with Gasteiger partial charge >= 0.3 is 0 Å². The van der Waals surface area contributed by atoms with Crippen LogP contribution in [-0.2, 0) is 4.79 Å². The van der Waals surface area contributed by atoms with Crippen LogP contribution in [0.15, 0.2) is 68.9 Å². The van der Waals surface area contributed by atoms with Crippen molar-refractivity contribution in [2.24, 2.45) is 4.99 Å². The molecule has 1 aliphatic rings. The number of para-hydroxylation sites is 1. The van der Waals surface area contributed by atoms with Crippen LogP contribution in [0.5, 0.6) is 5.75 Å². The molecule has 0 radical (unpaired) electrons. The third-order valence-electron chi connectivity index (χ3n) is 4.29. The van der Waals surface area contributed by atoms with Crippen molar-refractivity contribution in [3.63, 3.8) is 0 Å². The number of carbonyl (C=O) groups excluding carboxylic acids is 1. The molecule has 2 heterocycles. The summed E-state index contributed by atoms with van der Waals surface area (Å²) in [5.74, 6) is 0.0346. The highest BCUT2D eigenvalue weighted by Crippen LogP contribution is 2.35. The van der Waals surface area contributed by atoms with Crippen LogP contribution in [0.1, 0.15) is 5.76 Å². The first kappa shape index (κ1) is 20.4. The molecule has 1 saturated heterocycles. The number of nitro groups is 1. The van der Waals surface area contributed by atoms with Crippen LogP contribution in [0.25, 0.3) is 17.4 Å². The molecule has 3 aromatic rings. The van der Waals surface area contributed by atoms with Gasteiger partial charge in [0.2, 0.25) is 0 Å². The number of aliphatic imine (C=N–C) groups is 1. The lowest BCUT2D eigenvalue weighted by Gasteiger charge is -2.03. The number of nitrogens with zero attached hydrogens (tertiary/aromatic N) is 2. The lowest BCUT2D eigenvalue weighted by Crippen LogP contribution is -2.19. The fraction of sp³-hybridized carbons (Fsp3) is 0.0476. The molecule has 156 valence electrons. The number of ether oxygens (including phenoxy) is 1. The number of carbonyl (C=O) groups is 1. The van der Waals surface area contributed by atoms with E-state index < -0.39 is 16.6 Å². The van der Waals surface area contributed by atoms with E-state index in [1.165, 1.54) is 37.5 Å². The van der Waals surface area contributed by atoms with Gasteiger partial charge in [0.15, 0.2) is 5.17 Å². The maximum absolute atomic E-state index is 13.8. The van der Waals surface area contributed by atoms with Crippen molar-refractivity contribution in [2.45, 2.75) is 0 Å². The number of thioether (sulfide) groups is 1. The molecule has 2 aromatic carbocycles. The van der Waals surface area contributed by atoms with Crippen LogP contribution in [-0.4, -0.2) is 23.1 Å². The molecule has 0 bridgehead atoms. The third-order valence-corrected chi connectivity index (χ3v) is 5.20. The van der Waals surface area contributed by atoms with E-state index in [2.05, 4.69) is 10.3 Å². The summed E-state index contributed by atoms with van der Waals surface area (Å²) in [6.45, 7) is 0. The molecule has 4 rings (SSSR count). The Bertz CT molecular complexity index is 1250. The maximum Gasteiger partial charge on any atom is 0.284 e. The molecule has 1 aromatic heterocycles. The van der Waals surface area contributed by atoms with Gasteiger partial charge in [-0.1, -0.05) is 12.1 Å². The molecule has 8 nitrogen and oxygen atoms in total. The minimum Gasteiger partial charge on any atom is -0.497 e. The second-order valence-electron chi connectivity index (χ2n) is 6.28. The van der Waals surface area contributed by atoms with Crippen LogP contribution >= 0.6 is 11.8 Å². The molecule has 31 heavy (non-hydrogen) atoms. The molecule has 1 amide bonds. The predicted molar refractivity (Wildman–Crippen MR) is 115 cm³/mol. The molecule has 1 fully saturated rings. The molecule has 0 unspecified atom stereocenters. The number of hydrogen-bond donors (Lipinski definition) is 1. The van der Waals surface area contributed by atoms with Crippen LogP contribution in [0.2, 0.25) is 0 Å². The monoisotopic (exact) mass is 439 g/mol. The molecular formula is C21H14FN3O5S. The number of amides is 1. The van der Waals surface area contributed by atoms with Crippen LogP contribution in [0, 0.1) is 15.9 Å². The first-order valence-electron chi connectivity index (χ1n) is 8.91. The second-order valence-corrected chi connectivity index (χ2v) is 7.31. The molecule has 0 atom stereocenters. The second kappa shape index (κ2) is 8.44. The average Bonchev–Trinajstić information content (AvgIpc) is 3.36. The Balaban J connectivity index is 1.60. The molecular weight excluding hydrogens is 425 g/mol. The number of rotatable bonds is 5. The van der Waals surface area contributed by atoms with Gasteiger partial charge in [0.05, 0.1) is 28.6 Å². The average molecular weight is 439 g/mol. The maximum atomic E-state index is 13.8. The quantitative estimate of drug-likeness (QED) is 0.344. The fourth-order valence-corrected chi connectivity index (χ4v) is 3.65. The topological polar surface area (TPSA) is 107 Å². The SMILES string of the molecule is COc1ccc(-c2ccc(/C=C3\SC(=Nc4ccccc4F)NC3=O)o2)c([N+](=O)[O-])c1. The Hall–Kier alpha value is -3.92. The van der Waals surface area contributed by atoms with Gasteiger partial charge in [0.1, 0.15) is 28.8 Å². The normalized spacial score (nSPS) is 16.0. The standard InChI is InChI=1S/C21H14FN3O5S/c1-29-12-6-8-14(17(10-12)25(27)28)18-9-7-13(30-18)11-19-20(26)24-21(31-19)23-16-5-3-2-4-15(16)22/h2-11H,1H3,(H,23,24,26)/b19-11-. The Kier molecular flexibility index (Phi) is 5.54. The van der Waals surface area contributed by atoms with E-state index >= 15 is 0 Å². The first-order valence-corrected chi connectivity index (χ1v) is 9.73. The summed E-state index contributed by atoms with van der Waals surface area (Å²) >= 11 is 1.03. The van der Waals surface area contributed by atoms with Crippen LogP contribution < -0.4 is 10.1 Å². The van der Waals surface area contributed by atoms with E-state index in [9.17, 15) is 19.3 Å². The van der Waals surface area contributed by atoms with Gasteiger partial charge in [0.25, 0.3) is 11.6 Å². The van der Waals surface area contributed by atoms with Crippen molar-refractivity contribution in [1.29, 1.82) is 0 Å². The summed E-state index contributed by atoms with van der Waals surface area (Å²) in [7, 11) is 1.42. The summed E-state index contributed by atoms with van der Waals surface area (Å²) < 4.78 is 24.5. The van der Waals surface area contributed by atoms with E-state index in [1.54, 1.807) is 30.3 Å². The summed E-state index contributed by atoms with van der Waals surface area (Å²) in [5.41, 5.74) is 0.222. The zero-order valence-corrected chi connectivity index (χ0v) is 16.8. The number of furan rings is 1. The van der Waals surface area contributed by atoms with Crippen molar-refractivity contribution in [2.75, 3.05) is 7.11 Å². The highest BCUT2D eigenvalue weighted by Gasteiger charge is 2.25. The van der Waals surface area contributed by atoms with Crippen molar-refractivity contribution >= 4 is 40.3 Å². The highest BCUT2D eigenvalue weighted by molar-refractivity contribution is 8.18. The summed E-state index contributed by atoms with van der Waals surface area (Å²) in [5, 5.41) is 14.2. The Morgan fingerprint density at radius 2 is 2.03 bits per heavy atom. The highest BCUT2D eigenvalue weighted by atomic mass is 32.2. The Morgan fingerprint density at radius 1 is 1.23 bits per heavy atom. The van der Waals surface area contributed by atoms with Gasteiger partial charge < -0.3 is 14.5 Å². The summed E-state index contributed by atoms with van der Waals surface area (Å²) in [6, 6.07) is 13.6. The van der Waals surface area contributed by atoms with Gasteiger partial charge in [-0.25, -0.2) is 9.38 Å². The Morgan fingerprint density at radius 3 is 2.77 bits per heavy atom.